The molecule has 0 aliphatic heterocycles. The van der Waals surface area contributed by atoms with Gasteiger partial charge in [0, 0.05) is 23.6 Å². The number of benzene rings is 2. The van der Waals surface area contributed by atoms with Gasteiger partial charge in [-0.15, -0.1) is 0 Å². The Morgan fingerprint density at radius 2 is 2.17 bits per heavy atom. The van der Waals surface area contributed by atoms with Crippen molar-refractivity contribution in [2.24, 2.45) is 5.92 Å². The summed E-state index contributed by atoms with van der Waals surface area (Å²) in [5.74, 6) is 0.946. The maximum absolute atomic E-state index is 13.2. The van der Waals surface area contributed by atoms with Crippen molar-refractivity contribution in [3.8, 4) is 6.07 Å². The molecule has 3 aromatic rings. The SMILES string of the molecule is N#Cc1ccc2[nH]cc([C@@H]3C[C@H]3CNCc3cccc(F)c3)c2c1. The van der Waals surface area contributed by atoms with Crippen molar-refractivity contribution < 1.29 is 4.39 Å². The number of nitriles is 1. The van der Waals surface area contributed by atoms with Gasteiger partial charge in [0.25, 0.3) is 0 Å². The highest BCUT2D eigenvalue weighted by Gasteiger charge is 2.39. The fourth-order valence-electron chi connectivity index (χ4n) is 3.42. The average Bonchev–Trinajstić information content (AvgIpc) is 3.23. The maximum atomic E-state index is 13.2. The standard InChI is InChI=1S/C20H18FN3/c21-16-3-1-2-14(6-16)10-23-11-15-8-17(15)19-12-24-20-5-4-13(9-22)7-18(19)20/h1-7,12,15,17,23-24H,8,10-11H2/t15-,17+/m0/s1. The first-order valence-corrected chi connectivity index (χ1v) is 8.21. The van der Waals surface area contributed by atoms with Gasteiger partial charge < -0.3 is 10.3 Å². The topological polar surface area (TPSA) is 51.6 Å². The lowest BCUT2D eigenvalue weighted by atomic mass is 10.1. The van der Waals surface area contributed by atoms with Crippen LogP contribution in [0.2, 0.25) is 0 Å². The van der Waals surface area contributed by atoms with Crippen molar-refractivity contribution in [1.82, 2.24) is 10.3 Å². The zero-order valence-corrected chi connectivity index (χ0v) is 13.2. The minimum Gasteiger partial charge on any atom is -0.361 e. The van der Waals surface area contributed by atoms with E-state index in [1.165, 1.54) is 11.6 Å². The summed E-state index contributed by atoms with van der Waals surface area (Å²) in [5, 5.41) is 13.7. The van der Waals surface area contributed by atoms with Crippen LogP contribution in [0.4, 0.5) is 4.39 Å². The second-order valence-electron chi connectivity index (χ2n) is 6.48. The van der Waals surface area contributed by atoms with E-state index in [-0.39, 0.29) is 5.82 Å². The Morgan fingerprint density at radius 1 is 1.25 bits per heavy atom. The van der Waals surface area contributed by atoms with Crippen molar-refractivity contribution in [3.63, 3.8) is 0 Å². The molecule has 24 heavy (non-hydrogen) atoms. The summed E-state index contributed by atoms with van der Waals surface area (Å²) in [6.07, 6.45) is 3.23. The Labute approximate surface area is 140 Å². The fraction of sp³-hybridized carbons (Fsp3) is 0.250. The predicted molar refractivity (Wildman–Crippen MR) is 92.0 cm³/mol. The van der Waals surface area contributed by atoms with Gasteiger partial charge in [-0.3, -0.25) is 0 Å². The smallest absolute Gasteiger partial charge is 0.123 e. The van der Waals surface area contributed by atoms with Gasteiger partial charge >= 0.3 is 0 Å². The van der Waals surface area contributed by atoms with Crippen LogP contribution in [0, 0.1) is 23.1 Å². The van der Waals surface area contributed by atoms with Gasteiger partial charge in [0.05, 0.1) is 11.6 Å². The summed E-state index contributed by atoms with van der Waals surface area (Å²) in [6.45, 7) is 1.61. The minimum absolute atomic E-state index is 0.189. The minimum atomic E-state index is -0.189. The normalized spacial score (nSPS) is 19.3. The number of aromatic amines is 1. The van der Waals surface area contributed by atoms with Crippen molar-refractivity contribution in [3.05, 3.63) is 71.2 Å². The number of fused-ring (bicyclic) bond motifs is 1. The molecule has 1 aromatic heterocycles. The van der Waals surface area contributed by atoms with Gasteiger partial charge in [-0.2, -0.15) is 5.26 Å². The largest absolute Gasteiger partial charge is 0.361 e. The Hall–Kier alpha value is -2.64. The van der Waals surface area contributed by atoms with E-state index < -0.39 is 0 Å². The number of aromatic nitrogens is 1. The lowest BCUT2D eigenvalue weighted by Gasteiger charge is -2.05. The summed E-state index contributed by atoms with van der Waals surface area (Å²) in [7, 11) is 0. The molecule has 2 aromatic carbocycles. The first kappa shape index (κ1) is 14.9. The lowest BCUT2D eigenvalue weighted by Crippen LogP contribution is -2.16. The fourth-order valence-corrected chi connectivity index (χ4v) is 3.42. The summed E-state index contributed by atoms with van der Waals surface area (Å²) in [4.78, 5) is 3.30. The summed E-state index contributed by atoms with van der Waals surface area (Å²) in [6, 6.07) is 14.7. The van der Waals surface area contributed by atoms with Gasteiger partial charge in [-0.05, 0) is 66.3 Å². The summed E-state index contributed by atoms with van der Waals surface area (Å²) >= 11 is 0. The number of hydrogen-bond acceptors (Lipinski definition) is 2. The number of H-pyrrole nitrogens is 1. The zero-order chi connectivity index (χ0) is 16.5. The van der Waals surface area contributed by atoms with Crippen molar-refractivity contribution in [1.29, 1.82) is 5.26 Å². The van der Waals surface area contributed by atoms with Crippen molar-refractivity contribution >= 4 is 10.9 Å². The van der Waals surface area contributed by atoms with E-state index in [1.807, 2.05) is 24.3 Å². The molecule has 0 spiro atoms. The Bertz CT molecular complexity index is 922. The Balaban J connectivity index is 1.39. The number of nitrogens with one attached hydrogen (secondary N) is 2. The highest BCUT2D eigenvalue weighted by Crippen LogP contribution is 2.49. The molecule has 1 aliphatic rings. The summed E-state index contributed by atoms with van der Waals surface area (Å²) in [5.41, 5.74) is 4.06. The molecule has 0 saturated heterocycles. The molecule has 1 fully saturated rings. The molecule has 120 valence electrons. The number of halogens is 1. The third-order valence-corrected chi connectivity index (χ3v) is 4.79. The van der Waals surface area contributed by atoms with Crippen LogP contribution in [-0.2, 0) is 6.54 Å². The average molecular weight is 319 g/mol. The van der Waals surface area contributed by atoms with Crippen LogP contribution in [0.5, 0.6) is 0 Å². The van der Waals surface area contributed by atoms with E-state index in [0.29, 0.717) is 23.9 Å². The first-order valence-electron chi connectivity index (χ1n) is 8.21. The molecule has 0 unspecified atom stereocenters. The van der Waals surface area contributed by atoms with Gasteiger partial charge in [0.2, 0.25) is 0 Å². The molecule has 3 nitrogen and oxygen atoms in total. The van der Waals surface area contributed by atoms with Crippen LogP contribution in [0.15, 0.2) is 48.7 Å². The lowest BCUT2D eigenvalue weighted by molar-refractivity contribution is 0.609. The molecule has 0 radical (unpaired) electrons. The van der Waals surface area contributed by atoms with Gasteiger partial charge in [0.1, 0.15) is 5.82 Å². The molecule has 2 atom stereocenters. The first-order chi connectivity index (χ1) is 11.7. The molecule has 1 aliphatic carbocycles. The third-order valence-electron chi connectivity index (χ3n) is 4.79. The molecule has 0 amide bonds. The van der Waals surface area contributed by atoms with Crippen LogP contribution in [0.3, 0.4) is 0 Å². The van der Waals surface area contributed by atoms with Crippen LogP contribution in [-0.4, -0.2) is 11.5 Å². The zero-order valence-electron chi connectivity index (χ0n) is 13.2. The van der Waals surface area contributed by atoms with Crippen molar-refractivity contribution in [2.75, 3.05) is 6.54 Å². The Kier molecular flexibility index (Phi) is 3.79. The van der Waals surface area contributed by atoms with E-state index in [2.05, 4.69) is 22.6 Å². The highest BCUT2D eigenvalue weighted by atomic mass is 19.1. The molecule has 1 heterocycles. The quantitative estimate of drug-likeness (QED) is 0.745. The molecular weight excluding hydrogens is 301 g/mol. The molecule has 1 saturated carbocycles. The molecule has 4 rings (SSSR count). The number of rotatable bonds is 5. The monoisotopic (exact) mass is 319 g/mol. The van der Waals surface area contributed by atoms with Crippen LogP contribution in [0.25, 0.3) is 10.9 Å². The Morgan fingerprint density at radius 3 is 3.00 bits per heavy atom. The van der Waals surface area contributed by atoms with Crippen LogP contribution < -0.4 is 5.32 Å². The predicted octanol–water partition coefficient (Wildman–Crippen LogP) is 4.07. The van der Waals surface area contributed by atoms with E-state index in [4.69, 9.17) is 5.26 Å². The molecule has 2 N–H and O–H groups in total. The van der Waals surface area contributed by atoms with E-state index in [0.717, 1.165) is 29.4 Å². The van der Waals surface area contributed by atoms with E-state index in [1.54, 1.807) is 12.1 Å². The van der Waals surface area contributed by atoms with Gasteiger partial charge in [0.15, 0.2) is 0 Å². The second-order valence-corrected chi connectivity index (χ2v) is 6.48. The third kappa shape index (κ3) is 2.91. The second kappa shape index (κ2) is 6.10. The maximum Gasteiger partial charge on any atom is 0.123 e. The molecule has 4 heteroatoms. The number of hydrogen-bond donors (Lipinski definition) is 2. The van der Waals surface area contributed by atoms with E-state index in [9.17, 15) is 4.39 Å². The van der Waals surface area contributed by atoms with Gasteiger partial charge in [-0.1, -0.05) is 12.1 Å². The van der Waals surface area contributed by atoms with Gasteiger partial charge in [-0.25, -0.2) is 4.39 Å². The highest BCUT2D eigenvalue weighted by molar-refractivity contribution is 5.85. The molecule has 0 bridgehead atoms. The summed E-state index contributed by atoms with van der Waals surface area (Å²) < 4.78 is 13.2. The van der Waals surface area contributed by atoms with Crippen LogP contribution >= 0.6 is 0 Å². The van der Waals surface area contributed by atoms with Crippen molar-refractivity contribution in [2.45, 2.75) is 18.9 Å². The number of nitrogens with zero attached hydrogens (tertiary/aromatic N) is 1. The van der Waals surface area contributed by atoms with E-state index >= 15 is 0 Å². The van der Waals surface area contributed by atoms with Crippen LogP contribution in [0.1, 0.15) is 29.0 Å². The molecular formula is C20H18FN3.